The number of aliphatic imine (C=N–C) groups is 1. The number of carbonyl (C=O) groups excluding carboxylic acids is 1. The molecule has 4 nitrogen and oxygen atoms in total. The van der Waals surface area contributed by atoms with Gasteiger partial charge in [-0.05, 0) is 36.8 Å². The van der Waals surface area contributed by atoms with Crippen LogP contribution in [0.25, 0.3) is 0 Å². The maximum Gasteiger partial charge on any atom is 0.416 e. The third kappa shape index (κ3) is 5.07. The Morgan fingerprint density at radius 2 is 1.68 bits per heavy atom. The number of hydrogen-bond acceptors (Lipinski definition) is 3. The van der Waals surface area contributed by atoms with Crippen molar-refractivity contribution in [1.82, 2.24) is 5.32 Å². The number of nitrogens with zero attached hydrogens (tertiary/aromatic N) is 1. The molecule has 0 aliphatic rings. The number of benzene rings is 2. The van der Waals surface area contributed by atoms with Crippen molar-refractivity contribution in [3.05, 3.63) is 71.3 Å². The summed E-state index contributed by atoms with van der Waals surface area (Å²) in [6, 6.07) is 13.0. The van der Waals surface area contributed by atoms with Crippen molar-refractivity contribution < 1.29 is 22.7 Å². The highest BCUT2D eigenvalue weighted by Gasteiger charge is 2.30. The van der Waals surface area contributed by atoms with Gasteiger partial charge in [-0.2, -0.15) is 13.2 Å². The van der Waals surface area contributed by atoms with Gasteiger partial charge in [0.2, 0.25) is 0 Å². The quantitative estimate of drug-likeness (QED) is 0.666. The number of nitrogens with one attached hydrogen (secondary N) is 1. The summed E-state index contributed by atoms with van der Waals surface area (Å²) in [5, 5.41) is 2.45. The zero-order valence-electron chi connectivity index (χ0n) is 13.7. The van der Waals surface area contributed by atoms with Crippen LogP contribution in [0.1, 0.15) is 34.5 Å². The van der Waals surface area contributed by atoms with E-state index in [0.717, 1.165) is 29.8 Å². The van der Waals surface area contributed by atoms with Gasteiger partial charge in [-0.1, -0.05) is 30.3 Å². The highest BCUT2D eigenvalue weighted by molar-refractivity contribution is 6.04. The number of rotatable bonds is 3. The molecule has 25 heavy (non-hydrogen) atoms. The minimum Gasteiger partial charge on any atom is -0.468 e. The summed E-state index contributed by atoms with van der Waals surface area (Å²) in [7, 11) is 1.35. The third-order valence-corrected chi connectivity index (χ3v) is 3.48. The van der Waals surface area contributed by atoms with E-state index in [1.165, 1.54) is 7.11 Å². The van der Waals surface area contributed by atoms with Crippen LogP contribution in [0.5, 0.6) is 0 Å². The van der Waals surface area contributed by atoms with Gasteiger partial charge in [-0.25, -0.2) is 4.99 Å². The van der Waals surface area contributed by atoms with E-state index in [0.29, 0.717) is 0 Å². The molecule has 0 spiro atoms. The first-order chi connectivity index (χ1) is 11.8. The lowest BCUT2D eigenvalue weighted by Gasteiger charge is -2.12. The van der Waals surface area contributed by atoms with Crippen LogP contribution in [-0.2, 0) is 10.9 Å². The van der Waals surface area contributed by atoms with Crippen LogP contribution in [0.3, 0.4) is 0 Å². The number of hydrogen-bond donors (Lipinski definition) is 1. The van der Waals surface area contributed by atoms with Gasteiger partial charge in [-0.15, -0.1) is 0 Å². The Morgan fingerprint density at radius 1 is 1.08 bits per heavy atom. The first kappa shape index (κ1) is 18.5. The smallest absolute Gasteiger partial charge is 0.416 e. The van der Waals surface area contributed by atoms with Gasteiger partial charge in [0.25, 0.3) is 11.9 Å². The molecule has 7 heteroatoms. The Kier molecular flexibility index (Phi) is 5.80. The van der Waals surface area contributed by atoms with E-state index in [9.17, 15) is 18.0 Å². The van der Waals surface area contributed by atoms with Crippen molar-refractivity contribution in [3.8, 4) is 0 Å². The molecule has 0 aliphatic heterocycles. The second kappa shape index (κ2) is 7.83. The maximum atomic E-state index is 12.6. The molecule has 0 bridgehead atoms. The lowest BCUT2D eigenvalue weighted by molar-refractivity contribution is -0.137. The van der Waals surface area contributed by atoms with E-state index in [2.05, 4.69) is 10.3 Å². The van der Waals surface area contributed by atoms with Gasteiger partial charge in [0, 0.05) is 5.56 Å². The molecule has 0 saturated heterocycles. The monoisotopic (exact) mass is 350 g/mol. The van der Waals surface area contributed by atoms with E-state index in [-0.39, 0.29) is 17.6 Å². The normalized spacial score (nSPS) is 13.2. The number of carbonyl (C=O) groups is 1. The molecular weight excluding hydrogens is 333 g/mol. The molecule has 0 saturated carbocycles. The third-order valence-electron chi connectivity index (χ3n) is 3.48. The van der Waals surface area contributed by atoms with Gasteiger partial charge < -0.3 is 4.74 Å². The summed E-state index contributed by atoms with van der Waals surface area (Å²) in [5.41, 5.74) is 0.188. The van der Waals surface area contributed by atoms with Crippen LogP contribution in [0.4, 0.5) is 13.2 Å². The molecule has 1 N–H and O–H groups in total. The summed E-state index contributed by atoms with van der Waals surface area (Å²) >= 11 is 0. The fourth-order valence-corrected chi connectivity index (χ4v) is 2.10. The number of alkyl halides is 3. The van der Waals surface area contributed by atoms with Crippen molar-refractivity contribution in [3.63, 3.8) is 0 Å². The predicted molar refractivity (Wildman–Crippen MR) is 88.2 cm³/mol. The molecule has 0 fully saturated rings. The van der Waals surface area contributed by atoms with Crippen LogP contribution in [0.15, 0.2) is 59.6 Å². The number of ether oxygens (including phenoxy) is 1. The van der Waals surface area contributed by atoms with Crippen molar-refractivity contribution in [2.24, 2.45) is 4.99 Å². The Balaban J connectivity index is 2.10. The summed E-state index contributed by atoms with van der Waals surface area (Å²) in [4.78, 5) is 16.4. The number of halogens is 3. The number of amides is 1. The second-order valence-electron chi connectivity index (χ2n) is 5.25. The van der Waals surface area contributed by atoms with Gasteiger partial charge in [0.15, 0.2) is 0 Å². The molecule has 1 unspecified atom stereocenters. The van der Waals surface area contributed by atoms with E-state index >= 15 is 0 Å². The van der Waals surface area contributed by atoms with Crippen molar-refractivity contribution in [2.45, 2.75) is 19.1 Å². The molecular formula is C18H17F3N2O2. The minimum absolute atomic E-state index is 0.0127. The lowest BCUT2D eigenvalue weighted by atomic mass is 10.1. The largest absolute Gasteiger partial charge is 0.468 e. The van der Waals surface area contributed by atoms with Crippen LogP contribution >= 0.6 is 0 Å². The molecule has 0 radical (unpaired) electrons. The highest BCUT2D eigenvalue weighted by Crippen LogP contribution is 2.29. The molecule has 2 aromatic rings. The predicted octanol–water partition coefficient (Wildman–Crippen LogP) is 4.20. The van der Waals surface area contributed by atoms with E-state index < -0.39 is 17.6 Å². The Labute approximate surface area is 143 Å². The van der Waals surface area contributed by atoms with Crippen molar-refractivity contribution in [2.75, 3.05) is 7.11 Å². The average molecular weight is 350 g/mol. The van der Waals surface area contributed by atoms with E-state index in [1.54, 1.807) is 0 Å². The Morgan fingerprint density at radius 3 is 2.20 bits per heavy atom. The molecule has 2 aromatic carbocycles. The zero-order valence-corrected chi connectivity index (χ0v) is 13.7. The minimum atomic E-state index is -4.45. The molecule has 0 aliphatic carbocycles. The van der Waals surface area contributed by atoms with Gasteiger partial charge >= 0.3 is 6.18 Å². The van der Waals surface area contributed by atoms with Gasteiger partial charge in [0.05, 0.1) is 18.7 Å². The van der Waals surface area contributed by atoms with Crippen LogP contribution in [-0.4, -0.2) is 19.0 Å². The van der Waals surface area contributed by atoms with E-state index in [4.69, 9.17) is 4.74 Å². The highest BCUT2D eigenvalue weighted by atomic mass is 19.4. The zero-order chi connectivity index (χ0) is 18.4. The summed E-state index contributed by atoms with van der Waals surface area (Å²) < 4.78 is 42.7. The van der Waals surface area contributed by atoms with Crippen LogP contribution < -0.4 is 5.32 Å². The van der Waals surface area contributed by atoms with Crippen LogP contribution in [0, 0.1) is 0 Å². The van der Waals surface area contributed by atoms with E-state index in [1.807, 2.05) is 37.3 Å². The molecule has 1 amide bonds. The average Bonchev–Trinajstić information content (AvgIpc) is 2.61. The molecule has 0 aromatic heterocycles. The van der Waals surface area contributed by atoms with Gasteiger partial charge in [0.1, 0.15) is 0 Å². The second-order valence-corrected chi connectivity index (χ2v) is 5.25. The molecule has 0 heterocycles. The van der Waals surface area contributed by atoms with Gasteiger partial charge in [-0.3, -0.25) is 10.1 Å². The molecule has 1 atom stereocenters. The molecule has 132 valence electrons. The SMILES string of the molecule is COC(=NC(C)c1ccccc1)NC(=O)c1ccc(C(F)(F)F)cc1. The summed E-state index contributed by atoms with van der Waals surface area (Å²) in [6.07, 6.45) is -4.45. The summed E-state index contributed by atoms with van der Waals surface area (Å²) in [5.74, 6) is -0.602. The first-order valence-corrected chi connectivity index (χ1v) is 7.46. The first-order valence-electron chi connectivity index (χ1n) is 7.46. The number of amidine groups is 1. The fourth-order valence-electron chi connectivity index (χ4n) is 2.10. The molecule has 2 rings (SSSR count). The topological polar surface area (TPSA) is 50.7 Å². The fraction of sp³-hybridized carbons (Fsp3) is 0.222. The Hall–Kier alpha value is -2.83. The van der Waals surface area contributed by atoms with Crippen LogP contribution in [0.2, 0.25) is 0 Å². The van der Waals surface area contributed by atoms with Crippen molar-refractivity contribution >= 4 is 11.9 Å². The van der Waals surface area contributed by atoms with Crippen molar-refractivity contribution in [1.29, 1.82) is 0 Å². The maximum absolute atomic E-state index is 12.6. The summed E-state index contributed by atoms with van der Waals surface area (Å²) in [6.45, 7) is 1.83. The number of methoxy groups -OCH3 is 1. The Bertz CT molecular complexity index is 741. The lowest BCUT2D eigenvalue weighted by Crippen LogP contribution is -2.32. The standard InChI is InChI=1S/C18H17F3N2O2/c1-12(13-6-4-3-5-7-13)22-17(25-2)23-16(24)14-8-10-15(11-9-14)18(19,20)21/h3-12H,1-2H3,(H,22,23,24).